The Balaban J connectivity index is 3.42. The molecule has 0 atom stereocenters. The van der Waals surface area contributed by atoms with E-state index in [0.29, 0.717) is 0 Å². The molecule has 1 rings (SSSR count). The van der Waals surface area contributed by atoms with Gasteiger partial charge in [-0.05, 0) is 18.6 Å². The Morgan fingerprint density at radius 2 is 2.14 bits per heavy atom. The molecule has 0 saturated carbocycles. The molecule has 0 radical (unpaired) electrons. The molecule has 0 heterocycles. The van der Waals surface area contributed by atoms with E-state index in [0.717, 1.165) is 12.1 Å². The lowest BCUT2D eigenvalue weighted by atomic mass is 10.1. The fraction of sp³-hybridized carbons (Fsp3) is 0.125. The van der Waals surface area contributed by atoms with Gasteiger partial charge in [0.25, 0.3) is 0 Å². The van der Waals surface area contributed by atoms with Crippen LogP contribution in [0.5, 0.6) is 0 Å². The lowest BCUT2D eigenvalue weighted by Gasteiger charge is -2.01. The third kappa shape index (κ3) is 1.68. The summed E-state index contributed by atoms with van der Waals surface area (Å²) in [5.74, 6) is -1.79. The predicted molar refractivity (Wildman–Crippen MR) is 46.3 cm³/mol. The molecule has 5 nitrogen and oxygen atoms in total. The molecular formula is C8H7FN2O3. The monoisotopic (exact) mass is 198 g/mol. The number of amides is 1. The third-order valence-corrected chi connectivity index (χ3v) is 1.76. The van der Waals surface area contributed by atoms with Crippen LogP contribution in [-0.4, -0.2) is 10.8 Å². The smallest absolute Gasteiger partial charge is 0.305 e. The zero-order valence-electron chi connectivity index (χ0n) is 7.28. The van der Waals surface area contributed by atoms with Gasteiger partial charge in [0.15, 0.2) is 0 Å². The van der Waals surface area contributed by atoms with Crippen molar-refractivity contribution in [2.24, 2.45) is 5.73 Å². The van der Waals surface area contributed by atoms with Gasteiger partial charge < -0.3 is 5.73 Å². The molecule has 0 aliphatic rings. The van der Waals surface area contributed by atoms with E-state index < -0.39 is 22.3 Å². The molecule has 0 unspecified atom stereocenters. The maximum Gasteiger partial charge on any atom is 0.305 e. The van der Waals surface area contributed by atoms with Gasteiger partial charge in [-0.1, -0.05) is 0 Å². The highest BCUT2D eigenvalue weighted by atomic mass is 19.1. The second kappa shape index (κ2) is 3.41. The number of halogens is 1. The normalized spacial score (nSPS) is 9.86. The molecule has 0 fully saturated rings. The van der Waals surface area contributed by atoms with Crippen molar-refractivity contribution in [1.82, 2.24) is 0 Å². The molecule has 0 aromatic heterocycles. The molecule has 6 heteroatoms. The molecule has 1 amide bonds. The Morgan fingerprint density at radius 1 is 1.57 bits per heavy atom. The standard InChI is InChI=1S/C8H7FN2O3/c1-4-2-6(9)7(11(13)14)3-5(4)8(10)12/h2-3H,1H3,(H2,10,12). The highest BCUT2D eigenvalue weighted by Gasteiger charge is 2.18. The fourth-order valence-electron chi connectivity index (χ4n) is 1.07. The molecular weight excluding hydrogens is 191 g/mol. The summed E-state index contributed by atoms with van der Waals surface area (Å²) in [6.45, 7) is 1.45. The number of nitro benzene ring substituents is 1. The second-order valence-electron chi connectivity index (χ2n) is 2.74. The number of aryl methyl sites for hydroxylation is 1. The Morgan fingerprint density at radius 3 is 2.57 bits per heavy atom. The van der Waals surface area contributed by atoms with Gasteiger partial charge >= 0.3 is 5.69 Å². The summed E-state index contributed by atoms with van der Waals surface area (Å²) in [6.07, 6.45) is 0. The molecule has 1 aromatic carbocycles. The summed E-state index contributed by atoms with van der Waals surface area (Å²) in [7, 11) is 0. The van der Waals surface area contributed by atoms with Crippen LogP contribution in [0.15, 0.2) is 12.1 Å². The average Bonchev–Trinajstić information content (AvgIpc) is 2.02. The number of nitro groups is 1. The number of carbonyl (C=O) groups is 1. The van der Waals surface area contributed by atoms with E-state index in [9.17, 15) is 19.3 Å². The van der Waals surface area contributed by atoms with Crippen molar-refractivity contribution in [2.45, 2.75) is 6.92 Å². The zero-order chi connectivity index (χ0) is 10.9. The first-order valence-corrected chi connectivity index (χ1v) is 3.68. The number of nitrogens with two attached hydrogens (primary N) is 1. The fourth-order valence-corrected chi connectivity index (χ4v) is 1.07. The number of benzene rings is 1. The molecule has 0 bridgehead atoms. The minimum Gasteiger partial charge on any atom is -0.366 e. The van der Waals surface area contributed by atoms with E-state index in [-0.39, 0.29) is 11.1 Å². The molecule has 1 aromatic rings. The predicted octanol–water partition coefficient (Wildman–Crippen LogP) is 1.14. The largest absolute Gasteiger partial charge is 0.366 e. The van der Waals surface area contributed by atoms with Crippen molar-refractivity contribution in [2.75, 3.05) is 0 Å². The van der Waals surface area contributed by atoms with Gasteiger partial charge in [-0.15, -0.1) is 0 Å². The first kappa shape index (κ1) is 10.1. The maximum atomic E-state index is 13.0. The Hall–Kier alpha value is -1.98. The van der Waals surface area contributed by atoms with Gasteiger partial charge in [0.05, 0.1) is 4.92 Å². The van der Waals surface area contributed by atoms with Gasteiger partial charge in [-0.25, -0.2) is 0 Å². The quantitative estimate of drug-likeness (QED) is 0.571. The van der Waals surface area contributed by atoms with E-state index in [2.05, 4.69) is 0 Å². The van der Waals surface area contributed by atoms with E-state index in [4.69, 9.17) is 5.73 Å². The van der Waals surface area contributed by atoms with E-state index >= 15 is 0 Å². The van der Waals surface area contributed by atoms with E-state index in [1.807, 2.05) is 0 Å². The maximum absolute atomic E-state index is 13.0. The summed E-state index contributed by atoms with van der Waals surface area (Å²) in [6, 6.07) is 1.76. The highest BCUT2D eigenvalue weighted by Crippen LogP contribution is 2.21. The summed E-state index contributed by atoms with van der Waals surface area (Å²) in [5, 5.41) is 10.3. The summed E-state index contributed by atoms with van der Waals surface area (Å²) < 4.78 is 13.0. The molecule has 0 saturated heterocycles. The lowest BCUT2D eigenvalue weighted by molar-refractivity contribution is -0.387. The number of rotatable bonds is 2. The Labute approximate surface area is 78.5 Å². The van der Waals surface area contributed by atoms with Gasteiger partial charge in [0.2, 0.25) is 11.7 Å². The van der Waals surface area contributed by atoms with Crippen LogP contribution in [0.2, 0.25) is 0 Å². The molecule has 0 aliphatic carbocycles. The molecule has 14 heavy (non-hydrogen) atoms. The minimum absolute atomic E-state index is 0.0434. The Bertz CT molecular complexity index is 382. The number of primary amides is 1. The van der Waals surface area contributed by atoms with Crippen LogP contribution in [0.4, 0.5) is 10.1 Å². The molecule has 2 N–H and O–H groups in total. The van der Waals surface area contributed by atoms with Crippen molar-refractivity contribution >= 4 is 11.6 Å². The molecule has 0 spiro atoms. The number of hydrogen-bond donors (Lipinski definition) is 1. The average molecular weight is 198 g/mol. The zero-order valence-corrected chi connectivity index (χ0v) is 7.28. The summed E-state index contributed by atoms with van der Waals surface area (Å²) in [4.78, 5) is 20.2. The van der Waals surface area contributed by atoms with Crippen LogP contribution in [0.1, 0.15) is 15.9 Å². The topological polar surface area (TPSA) is 86.2 Å². The minimum atomic E-state index is -0.975. The van der Waals surface area contributed by atoms with Crippen molar-refractivity contribution in [3.05, 3.63) is 39.2 Å². The van der Waals surface area contributed by atoms with Gasteiger partial charge in [-0.3, -0.25) is 14.9 Å². The van der Waals surface area contributed by atoms with Crippen LogP contribution in [-0.2, 0) is 0 Å². The van der Waals surface area contributed by atoms with Gasteiger partial charge in [0.1, 0.15) is 0 Å². The molecule has 74 valence electrons. The number of nitrogens with zero attached hydrogens (tertiary/aromatic N) is 1. The van der Waals surface area contributed by atoms with Gasteiger partial charge in [-0.2, -0.15) is 4.39 Å². The first-order chi connectivity index (χ1) is 6.43. The SMILES string of the molecule is Cc1cc(F)c([N+](=O)[O-])cc1C(N)=O. The van der Waals surface area contributed by atoms with Crippen molar-refractivity contribution in [3.8, 4) is 0 Å². The number of carbonyl (C=O) groups excluding carboxylic acids is 1. The van der Waals surface area contributed by atoms with Crippen LogP contribution >= 0.6 is 0 Å². The van der Waals surface area contributed by atoms with E-state index in [1.165, 1.54) is 6.92 Å². The first-order valence-electron chi connectivity index (χ1n) is 3.68. The number of hydrogen-bond acceptors (Lipinski definition) is 3. The van der Waals surface area contributed by atoms with Crippen molar-refractivity contribution in [3.63, 3.8) is 0 Å². The summed E-state index contributed by atoms with van der Waals surface area (Å²) in [5.41, 5.74) is 4.44. The van der Waals surface area contributed by atoms with Gasteiger partial charge in [0, 0.05) is 11.6 Å². The van der Waals surface area contributed by atoms with Crippen LogP contribution in [0, 0.1) is 22.9 Å². The Kier molecular flexibility index (Phi) is 2.46. The van der Waals surface area contributed by atoms with Crippen LogP contribution < -0.4 is 5.73 Å². The van der Waals surface area contributed by atoms with E-state index in [1.54, 1.807) is 0 Å². The van der Waals surface area contributed by atoms with Crippen LogP contribution in [0.3, 0.4) is 0 Å². The highest BCUT2D eigenvalue weighted by molar-refractivity contribution is 5.94. The lowest BCUT2D eigenvalue weighted by Crippen LogP contribution is -2.13. The summed E-state index contributed by atoms with van der Waals surface area (Å²) >= 11 is 0. The molecule has 0 aliphatic heterocycles. The second-order valence-corrected chi connectivity index (χ2v) is 2.74. The van der Waals surface area contributed by atoms with Crippen molar-refractivity contribution < 1.29 is 14.1 Å². The third-order valence-electron chi connectivity index (χ3n) is 1.76. The van der Waals surface area contributed by atoms with Crippen molar-refractivity contribution in [1.29, 1.82) is 0 Å². The van der Waals surface area contributed by atoms with Crippen LogP contribution in [0.25, 0.3) is 0 Å².